The summed E-state index contributed by atoms with van der Waals surface area (Å²) in [6.07, 6.45) is 4.59. The fourth-order valence-corrected chi connectivity index (χ4v) is 1.83. The van der Waals surface area contributed by atoms with Gasteiger partial charge in [-0.2, -0.15) is 5.10 Å². The molecule has 0 aliphatic carbocycles. The maximum atomic E-state index is 5.95. The van der Waals surface area contributed by atoms with Crippen LogP contribution in [-0.4, -0.2) is 9.78 Å². The van der Waals surface area contributed by atoms with E-state index in [0.29, 0.717) is 23.1 Å². The van der Waals surface area contributed by atoms with Crippen molar-refractivity contribution in [2.75, 3.05) is 0 Å². The van der Waals surface area contributed by atoms with Crippen molar-refractivity contribution in [3.05, 3.63) is 41.2 Å². The predicted molar refractivity (Wildman–Crippen MR) is 71.9 cm³/mol. The van der Waals surface area contributed by atoms with Crippen LogP contribution in [0.25, 0.3) is 0 Å². The van der Waals surface area contributed by atoms with Crippen LogP contribution in [0.5, 0.6) is 11.5 Å². The molecule has 1 aromatic heterocycles. The Kier molecular flexibility index (Phi) is 4.23. The van der Waals surface area contributed by atoms with Crippen LogP contribution in [0.1, 0.15) is 18.9 Å². The van der Waals surface area contributed by atoms with Crippen LogP contribution in [-0.2, 0) is 13.1 Å². The molecule has 0 saturated carbocycles. The summed E-state index contributed by atoms with van der Waals surface area (Å²) in [6, 6.07) is 5.44. The van der Waals surface area contributed by atoms with Gasteiger partial charge in [0.25, 0.3) is 0 Å². The van der Waals surface area contributed by atoms with E-state index in [1.165, 1.54) is 0 Å². The van der Waals surface area contributed by atoms with Crippen LogP contribution in [0.15, 0.2) is 30.6 Å². The van der Waals surface area contributed by atoms with Gasteiger partial charge in [0.15, 0.2) is 5.75 Å². The number of nitrogens with two attached hydrogens (primary N) is 1. The predicted octanol–water partition coefficient (Wildman–Crippen LogP) is 3.20. The molecule has 0 amide bonds. The third-order valence-corrected chi connectivity index (χ3v) is 2.77. The molecule has 0 saturated heterocycles. The molecule has 0 unspecified atom stereocenters. The van der Waals surface area contributed by atoms with Crippen LogP contribution in [0, 0.1) is 0 Å². The summed E-state index contributed by atoms with van der Waals surface area (Å²) in [5, 5.41) is 4.84. The van der Waals surface area contributed by atoms with Crippen LogP contribution in [0.3, 0.4) is 0 Å². The van der Waals surface area contributed by atoms with E-state index in [1.54, 1.807) is 18.3 Å². The average molecular weight is 266 g/mol. The van der Waals surface area contributed by atoms with E-state index in [-0.39, 0.29) is 0 Å². The first kappa shape index (κ1) is 12.9. The lowest BCUT2D eigenvalue weighted by molar-refractivity contribution is 0.474. The molecule has 1 aromatic carbocycles. The summed E-state index contributed by atoms with van der Waals surface area (Å²) in [5.41, 5.74) is 6.58. The molecule has 1 heterocycles. The summed E-state index contributed by atoms with van der Waals surface area (Å²) in [4.78, 5) is 0. The van der Waals surface area contributed by atoms with Crippen molar-refractivity contribution in [1.82, 2.24) is 9.78 Å². The van der Waals surface area contributed by atoms with Gasteiger partial charge in [0.1, 0.15) is 5.75 Å². The molecule has 2 aromatic rings. The first-order valence-electron chi connectivity index (χ1n) is 5.91. The largest absolute Gasteiger partial charge is 0.454 e. The molecule has 0 bridgehead atoms. The number of rotatable bonds is 5. The molecule has 0 atom stereocenters. The highest BCUT2D eigenvalue weighted by Gasteiger charge is 2.06. The lowest BCUT2D eigenvalue weighted by Crippen LogP contribution is -1.99. The maximum absolute atomic E-state index is 5.95. The third kappa shape index (κ3) is 3.03. The number of benzene rings is 1. The number of nitrogens with zero attached hydrogens (tertiary/aromatic N) is 2. The van der Waals surface area contributed by atoms with Gasteiger partial charge in [-0.3, -0.25) is 4.68 Å². The van der Waals surface area contributed by atoms with Gasteiger partial charge in [0.05, 0.1) is 12.4 Å². The lowest BCUT2D eigenvalue weighted by Gasteiger charge is -2.08. The van der Waals surface area contributed by atoms with Gasteiger partial charge < -0.3 is 10.5 Å². The topological polar surface area (TPSA) is 53.1 Å². The van der Waals surface area contributed by atoms with Crippen LogP contribution in [0.2, 0.25) is 5.02 Å². The standard InChI is InChI=1S/C13H16ClN3O/c1-2-5-17-9-12(8-16-17)18-13-6-11(14)4-3-10(13)7-15/h3-4,6,8-9H,2,5,7,15H2,1H3. The van der Waals surface area contributed by atoms with Gasteiger partial charge in [0, 0.05) is 23.7 Å². The minimum Gasteiger partial charge on any atom is -0.454 e. The molecule has 2 rings (SSSR count). The molecular weight excluding hydrogens is 250 g/mol. The van der Waals surface area contributed by atoms with E-state index in [4.69, 9.17) is 22.1 Å². The molecule has 0 radical (unpaired) electrons. The summed E-state index contributed by atoms with van der Waals surface area (Å²) in [7, 11) is 0. The molecule has 96 valence electrons. The SMILES string of the molecule is CCCn1cc(Oc2cc(Cl)ccc2CN)cn1. The molecule has 0 fully saturated rings. The smallest absolute Gasteiger partial charge is 0.165 e. The van der Waals surface area contributed by atoms with E-state index in [0.717, 1.165) is 18.5 Å². The van der Waals surface area contributed by atoms with Crippen molar-refractivity contribution in [1.29, 1.82) is 0 Å². The van der Waals surface area contributed by atoms with E-state index >= 15 is 0 Å². The second-order valence-electron chi connectivity index (χ2n) is 4.00. The van der Waals surface area contributed by atoms with E-state index in [1.807, 2.05) is 16.9 Å². The number of hydrogen-bond acceptors (Lipinski definition) is 3. The lowest BCUT2D eigenvalue weighted by atomic mass is 10.2. The van der Waals surface area contributed by atoms with Crippen molar-refractivity contribution in [2.45, 2.75) is 26.4 Å². The molecule has 2 N–H and O–H groups in total. The summed E-state index contributed by atoms with van der Waals surface area (Å²) < 4.78 is 7.61. The Morgan fingerprint density at radius 3 is 3.00 bits per heavy atom. The van der Waals surface area contributed by atoms with Gasteiger partial charge in [-0.05, 0) is 18.6 Å². The van der Waals surface area contributed by atoms with Crippen molar-refractivity contribution >= 4 is 11.6 Å². The van der Waals surface area contributed by atoms with Gasteiger partial charge >= 0.3 is 0 Å². The Labute approximate surface area is 111 Å². The number of aryl methyl sites for hydroxylation is 1. The van der Waals surface area contributed by atoms with Crippen molar-refractivity contribution in [3.8, 4) is 11.5 Å². The summed E-state index contributed by atoms with van der Waals surface area (Å²) >= 11 is 5.95. The van der Waals surface area contributed by atoms with Crippen molar-refractivity contribution < 1.29 is 4.74 Å². The Morgan fingerprint density at radius 2 is 2.28 bits per heavy atom. The van der Waals surface area contributed by atoms with E-state index in [9.17, 15) is 0 Å². The third-order valence-electron chi connectivity index (χ3n) is 2.54. The fourth-order valence-electron chi connectivity index (χ4n) is 1.67. The van der Waals surface area contributed by atoms with Gasteiger partial charge in [-0.15, -0.1) is 0 Å². The summed E-state index contributed by atoms with van der Waals surface area (Å²) in [5.74, 6) is 1.38. The number of ether oxygens (including phenoxy) is 1. The molecule has 5 heteroatoms. The minimum atomic E-state index is 0.412. The zero-order chi connectivity index (χ0) is 13.0. The second-order valence-corrected chi connectivity index (χ2v) is 4.43. The van der Waals surface area contributed by atoms with Gasteiger partial charge in [-0.1, -0.05) is 24.6 Å². The number of halogens is 1. The fraction of sp³-hybridized carbons (Fsp3) is 0.308. The Hall–Kier alpha value is -1.52. The first-order valence-corrected chi connectivity index (χ1v) is 6.29. The molecule has 0 spiro atoms. The Balaban J connectivity index is 2.19. The zero-order valence-corrected chi connectivity index (χ0v) is 11.0. The normalized spacial score (nSPS) is 10.6. The molecule has 4 nitrogen and oxygen atoms in total. The minimum absolute atomic E-state index is 0.412. The van der Waals surface area contributed by atoms with Crippen LogP contribution in [0.4, 0.5) is 0 Å². The average Bonchev–Trinajstić information content (AvgIpc) is 2.77. The monoisotopic (exact) mass is 265 g/mol. The highest BCUT2D eigenvalue weighted by Crippen LogP contribution is 2.27. The quantitative estimate of drug-likeness (QED) is 0.903. The van der Waals surface area contributed by atoms with E-state index < -0.39 is 0 Å². The Bertz CT molecular complexity index is 525. The first-order chi connectivity index (χ1) is 8.72. The molecule has 0 aliphatic rings. The highest BCUT2D eigenvalue weighted by atomic mass is 35.5. The second kappa shape index (κ2) is 5.89. The van der Waals surface area contributed by atoms with Crippen LogP contribution < -0.4 is 10.5 Å². The van der Waals surface area contributed by atoms with Crippen LogP contribution >= 0.6 is 11.6 Å². The highest BCUT2D eigenvalue weighted by molar-refractivity contribution is 6.30. The molecule has 18 heavy (non-hydrogen) atoms. The molecule has 0 aliphatic heterocycles. The van der Waals surface area contributed by atoms with Gasteiger partial charge in [0.2, 0.25) is 0 Å². The Morgan fingerprint density at radius 1 is 1.44 bits per heavy atom. The number of aromatic nitrogens is 2. The summed E-state index contributed by atoms with van der Waals surface area (Å²) in [6.45, 7) is 3.39. The maximum Gasteiger partial charge on any atom is 0.165 e. The van der Waals surface area contributed by atoms with Crippen molar-refractivity contribution in [2.24, 2.45) is 5.73 Å². The number of hydrogen-bond donors (Lipinski definition) is 1. The van der Waals surface area contributed by atoms with Crippen molar-refractivity contribution in [3.63, 3.8) is 0 Å². The van der Waals surface area contributed by atoms with E-state index in [2.05, 4.69) is 12.0 Å². The zero-order valence-electron chi connectivity index (χ0n) is 10.3. The van der Waals surface area contributed by atoms with Gasteiger partial charge in [-0.25, -0.2) is 0 Å². The molecular formula is C13H16ClN3O.